The molecule has 8 nitrogen and oxygen atoms in total. The number of nitrogens with one attached hydrogen (secondary N) is 1. The van der Waals surface area contributed by atoms with Gasteiger partial charge >= 0.3 is 12.0 Å². The van der Waals surface area contributed by atoms with Crippen LogP contribution in [0.25, 0.3) is 0 Å². The summed E-state index contributed by atoms with van der Waals surface area (Å²) in [5.41, 5.74) is 6.80. The lowest BCUT2D eigenvalue weighted by molar-refractivity contribution is 0.0420. The Morgan fingerprint density at radius 3 is 2.11 bits per heavy atom. The molecule has 0 fully saturated rings. The molecule has 0 unspecified atom stereocenters. The first kappa shape index (κ1) is 18.1. The molecule has 2 aromatic carbocycles. The molecule has 0 bridgehead atoms. The van der Waals surface area contributed by atoms with Gasteiger partial charge in [0.2, 0.25) is 0 Å². The molecule has 27 heavy (non-hydrogen) atoms. The number of benzene rings is 2. The highest BCUT2D eigenvalue weighted by molar-refractivity contribution is 6.21. The number of fused-ring (bicyclic) bond motifs is 1. The Hall–Kier alpha value is -3.68. The van der Waals surface area contributed by atoms with Crippen LogP contribution in [0.3, 0.4) is 0 Å². The number of ether oxygens (including phenoxy) is 1. The minimum absolute atomic E-state index is 0.0152. The number of nitrogens with two attached hydrogens (primary N) is 1. The molecule has 1 aliphatic rings. The third kappa shape index (κ3) is 3.95. The van der Waals surface area contributed by atoms with Crippen molar-refractivity contribution in [1.82, 2.24) is 10.2 Å². The molecule has 0 radical (unpaired) electrons. The third-order valence-corrected chi connectivity index (χ3v) is 4.08. The fourth-order valence-corrected chi connectivity index (χ4v) is 2.70. The minimum Gasteiger partial charge on any atom is -0.460 e. The zero-order valence-corrected chi connectivity index (χ0v) is 14.3. The van der Waals surface area contributed by atoms with Crippen molar-refractivity contribution in [2.45, 2.75) is 6.54 Å². The molecule has 3 N–H and O–H groups in total. The molecule has 0 aliphatic carbocycles. The van der Waals surface area contributed by atoms with Gasteiger partial charge in [-0.15, -0.1) is 0 Å². The first-order valence-electron chi connectivity index (χ1n) is 8.22. The molecule has 0 saturated heterocycles. The van der Waals surface area contributed by atoms with Crippen molar-refractivity contribution >= 4 is 23.8 Å². The van der Waals surface area contributed by atoms with Crippen LogP contribution in [0.5, 0.6) is 0 Å². The molecular formula is C19H17N3O5. The van der Waals surface area contributed by atoms with Crippen molar-refractivity contribution in [3.8, 4) is 0 Å². The molecule has 8 heteroatoms. The number of rotatable bonds is 6. The number of imide groups is 1. The van der Waals surface area contributed by atoms with Crippen LogP contribution in [-0.4, -0.2) is 41.9 Å². The zero-order valence-electron chi connectivity index (χ0n) is 14.3. The number of hydrogen-bond acceptors (Lipinski definition) is 5. The lowest BCUT2D eigenvalue weighted by Crippen LogP contribution is -2.33. The number of carbonyl (C=O) groups is 4. The van der Waals surface area contributed by atoms with E-state index in [4.69, 9.17) is 10.5 Å². The standard InChI is InChI=1S/C19H17N3O5/c20-19(26)21-11-12-5-7-13(8-6-12)18(25)27-10-9-22-16(23)14-3-1-2-4-15(14)17(22)24/h1-8H,9-11H2,(H3,20,21,26). The number of nitrogens with zero attached hydrogens (tertiary/aromatic N) is 1. The minimum atomic E-state index is -0.633. The van der Waals surface area contributed by atoms with E-state index in [0.29, 0.717) is 16.7 Å². The van der Waals surface area contributed by atoms with Crippen molar-refractivity contribution < 1.29 is 23.9 Å². The van der Waals surface area contributed by atoms with Crippen molar-refractivity contribution in [1.29, 1.82) is 0 Å². The normalized spacial score (nSPS) is 12.7. The van der Waals surface area contributed by atoms with Gasteiger partial charge in [-0.05, 0) is 29.8 Å². The predicted molar refractivity (Wildman–Crippen MR) is 95.0 cm³/mol. The third-order valence-electron chi connectivity index (χ3n) is 4.08. The van der Waals surface area contributed by atoms with E-state index < -0.39 is 23.8 Å². The van der Waals surface area contributed by atoms with Crippen molar-refractivity contribution in [2.24, 2.45) is 5.73 Å². The highest BCUT2D eigenvalue weighted by Gasteiger charge is 2.34. The Kier molecular flexibility index (Phi) is 5.16. The van der Waals surface area contributed by atoms with Crippen LogP contribution in [0.4, 0.5) is 4.79 Å². The second kappa shape index (κ2) is 7.69. The van der Waals surface area contributed by atoms with E-state index in [1.54, 1.807) is 48.5 Å². The largest absolute Gasteiger partial charge is 0.460 e. The van der Waals surface area contributed by atoms with Gasteiger partial charge < -0.3 is 15.8 Å². The molecule has 0 spiro atoms. The molecule has 4 amide bonds. The molecule has 2 aromatic rings. The smallest absolute Gasteiger partial charge is 0.338 e. The van der Waals surface area contributed by atoms with Gasteiger partial charge in [-0.3, -0.25) is 14.5 Å². The summed E-state index contributed by atoms with van der Waals surface area (Å²) < 4.78 is 5.15. The van der Waals surface area contributed by atoms with E-state index in [-0.39, 0.29) is 19.7 Å². The van der Waals surface area contributed by atoms with Gasteiger partial charge in [-0.2, -0.15) is 0 Å². The lowest BCUT2D eigenvalue weighted by Gasteiger charge is -2.13. The van der Waals surface area contributed by atoms with Crippen LogP contribution >= 0.6 is 0 Å². The van der Waals surface area contributed by atoms with Gasteiger partial charge in [0.05, 0.1) is 23.2 Å². The highest BCUT2D eigenvalue weighted by Crippen LogP contribution is 2.22. The van der Waals surface area contributed by atoms with Gasteiger partial charge in [-0.25, -0.2) is 9.59 Å². The molecule has 1 aliphatic heterocycles. The summed E-state index contributed by atoms with van der Waals surface area (Å²) in [6, 6.07) is 12.4. The Bertz CT molecular complexity index is 873. The van der Waals surface area contributed by atoms with Crippen LogP contribution in [-0.2, 0) is 11.3 Å². The summed E-state index contributed by atoms with van der Waals surface area (Å²) in [5, 5.41) is 2.45. The summed E-state index contributed by atoms with van der Waals surface area (Å²) in [7, 11) is 0. The van der Waals surface area contributed by atoms with Crippen LogP contribution in [0.2, 0.25) is 0 Å². The second-order valence-corrected chi connectivity index (χ2v) is 5.86. The fraction of sp³-hybridized carbons (Fsp3) is 0.158. The number of hydrogen-bond donors (Lipinski definition) is 2. The van der Waals surface area contributed by atoms with E-state index >= 15 is 0 Å². The second-order valence-electron chi connectivity index (χ2n) is 5.86. The summed E-state index contributed by atoms with van der Waals surface area (Å²) >= 11 is 0. The summed E-state index contributed by atoms with van der Waals surface area (Å²) in [6.07, 6.45) is 0. The monoisotopic (exact) mass is 367 g/mol. The SMILES string of the molecule is NC(=O)NCc1ccc(C(=O)OCCN2C(=O)c3ccccc3C2=O)cc1. The molecule has 0 saturated carbocycles. The quantitative estimate of drug-likeness (QED) is 0.589. The number of urea groups is 1. The summed E-state index contributed by atoms with van der Waals surface area (Å²) in [4.78, 5) is 48.3. The first-order valence-corrected chi connectivity index (χ1v) is 8.22. The van der Waals surface area contributed by atoms with Gasteiger partial charge in [0.1, 0.15) is 6.61 Å². The van der Waals surface area contributed by atoms with E-state index in [9.17, 15) is 19.2 Å². The average Bonchev–Trinajstić information content (AvgIpc) is 2.92. The van der Waals surface area contributed by atoms with Gasteiger partial charge in [0.15, 0.2) is 0 Å². The maximum atomic E-state index is 12.2. The molecular weight excluding hydrogens is 350 g/mol. The highest BCUT2D eigenvalue weighted by atomic mass is 16.5. The molecule has 3 rings (SSSR count). The number of carbonyl (C=O) groups excluding carboxylic acids is 4. The topological polar surface area (TPSA) is 119 Å². The van der Waals surface area contributed by atoms with Crippen LogP contribution in [0, 0.1) is 0 Å². The van der Waals surface area contributed by atoms with Crippen molar-refractivity contribution in [3.05, 3.63) is 70.8 Å². The Morgan fingerprint density at radius 2 is 1.56 bits per heavy atom. The van der Waals surface area contributed by atoms with Crippen LogP contribution < -0.4 is 11.1 Å². The van der Waals surface area contributed by atoms with E-state index in [1.165, 1.54) is 0 Å². The zero-order chi connectivity index (χ0) is 19.4. The number of primary amides is 1. The van der Waals surface area contributed by atoms with Crippen LogP contribution in [0.1, 0.15) is 36.6 Å². The van der Waals surface area contributed by atoms with E-state index in [0.717, 1.165) is 10.5 Å². The average molecular weight is 367 g/mol. The Balaban J connectivity index is 1.52. The van der Waals surface area contributed by atoms with E-state index in [2.05, 4.69) is 5.32 Å². The number of amides is 4. The molecule has 138 valence electrons. The Morgan fingerprint density at radius 1 is 0.963 bits per heavy atom. The van der Waals surface area contributed by atoms with Crippen molar-refractivity contribution in [3.63, 3.8) is 0 Å². The van der Waals surface area contributed by atoms with Gasteiger partial charge in [-0.1, -0.05) is 24.3 Å². The molecule has 0 atom stereocenters. The summed E-state index contributed by atoms with van der Waals surface area (Å²) in [6.45, 7) is 0.137. The predicted octanol–water partition coefficient (Wildman–Crippen LogP) is 1.31. The maximum Gasteiger partial charge on any atom is 0.338 e. The lowest BCUT2D eigenvalue weighted by atomic mass is 10.1. The van der Waals surface area contributed by atoms with Crippen molar-refractivity contribution in [2.75, 3.05) is 13.2 Å². The Labute approximate surface area is 154 Å². The molecule has 0 aromatic heterocycles. The summed E-state index contributed by atoms with van der Waals surface area (Å²) in [5.74, 6) is -1.35. The molecule has 1 heterocycles. The van der Waals surface area contributed by atoms with Crippen LogP contribution in [0.15, 0.2) is 48.5 Å². The van der Waals surface area contributed by atoms with Gasteiger partial charge in [0.25, 0.3) is 11.8 Å². The maximum absolute atomic E-state index is 12.2. The van der Waals surface area contributed by atoms with Gasteiger partial charge in [0, 0.05) is 6.54 Å². The van der Waals surface area contributed by atoms with E-state index in [1.807, 2.05) is 0 Å². The fourth-order valence-electron chi connectivity index (χ4n) is 2.70. The first-order chi connectivity index (χ1) is 13.0. The number of esters is 1.